The number of hydrogen-bond donors (Lipinski definition) is 2. The summed E-state index contributed by atoms with van der Waals surface area (Å²) in [5.41, 5.74) is 2.69. The molecule has 1 aliphatic rings. The zero-order chi connectivity index (χ0) is 13.0. The fourth-order valence-corrected chi connectivity index (χ4v) is 2.25. The molecule has 0 bridgehead atoms. The van der Waals surface area contributed by atoms with Crippen LogP contribution in [0, 0.1) is 0 Å². The summed E-state index contributed by atoms with van der Waals surface area (Å²) < 4.78 is 5.42. The number of hydrogen-bond acceptors (Lipinski definition) is 3. The molecular formula is C14H18O4. The number of rotatable bonds is 5. The highest BCUT2D eigenvalue weighted by atomic mass is 16.5. The monoisotopic (exact) mass is 250 g/mol. The van der Waals surface area contributed by atoms with E-state index in [1.807, 2.05) is 12.1 Å². The summed E-state index contributed by atoms with van der Waals surface area (Å²) >= 11 is 0. The molecule has 0 saturated heterocycles. The molecule has 2 rings (SSSR count). The minimum Gasteiger partial charge on any atom is -0.491 e. The maximum Gasteiger partial charge on any atom is 0.306 e. The first-order chi connectivity index (χ1) is 8.65. The average Bonchev–Trinajstić information content (AvgIpc) is 2.35. The lowest BCUT2D eigenvalue weighted by atomic mass is 9.92. The number of aliphatic carboxylic acids is 1. The van der Waals surface area contributed by atoms with Crippen LogP contribution in [0.2, 0.25) is 0 Å². The molecule has 0 aromatic heterocycles. The average molecular weight is 250 g/mol. The minimum absolute atomic E-state index is 0.0189. The van der Waals surface area contributed by atoms with E-state index < -0.39 is 12.1 Å². The third-order valence-corrected chi connectivity index (χ3v) is 3.17. The Morgan fingerprint density at radius 2 is 2.00 bits per heavy atom. The van der Waals surface area contributed by atoms with Crippen LogP contribution in [0.1, 0.15) is 30.4 Å². The molecule has 1 unspecified atom stereocenters. The van der Waals surface area contributed by atoms with Crippen molar-refractivity contribution in [3.05, 3.63) is 29.3 Å². The molecule has 4 nitrogen and oxygen atoms in total. The van der Waals surface area contributed by atoms with Crippen molar-refractivity contribution in [1.82, 2.24) is 0 Å². The first-order valence-corrected chi connectivity index (χ1v) is 6.29. The molecule has 0 aliphatic heterocycles. The SMILES string of the molecule is O=C(O)CC(O)COc1ccc2c(c1)CCCC2. The predicted molar refractivity (Wildman–Crippen MR) is 66.8 cm³/mol. The molecule has 0 amide bonds. The summed E-state index contributed by atoms with van der Waals surface area (Å²) in [5, 5.41) is 17.9. The zero-order valence-corrected chi connectivity index (χ0v) is 10.3. The fraction of sp³-hybridized carbons (Fsp3) is 0.500. The smallest absolute Gasteiger partial charge is 0.306 e. The van der Waals surface area contributed by atoms with Gasteiger partial charge in [0.05, 0.1) is 12.5 Å². The van der Waals surface area contributed by atoms with Crippen LogP contribution < -0.4 is 4.74 Å². The van der Waals surface area contributed by atoms with Crippen molar-refractivity contribution >= 4 is 5.97 Å². The van der Waals surface area contributed by atoms with Gasteiger partial charge in [-0.3, -0.25) is 4.79 Å². The molecule has 2 N–H and O–H groups in total. The standard InChI is InChI=1S/C14H18O4/c15-12(8-14(16)17)9-18-13-6-5-10-3-1-2-4-11(10)7-13/h5-7,12,15H,1-4,8-9H2,(H,16,17). The minimum atomic E-state index is -1.02. The molecule has 0 radical (unpaired) electrons. The largest absolute Gasteiger partial charge is 0.491 e. The van der Waals surface area contributed by atoms with Crippen LogP contribution in [-0.4, -0.2) is 28.9 Å². The first kappa shape index (κ1) is 12.9. The van der Waals surface area contributed by atoms with E-state index in [9.17, 15) is 9.90 Å². The number of aliphatic hydroxyl groups is 1. The molecule has 1 aromatic rings. The molecule has 0 spiro atoms. The Hall–Kier alpha value is -1.55. The molecule has 1 aliphatic carbocycles. The van der Waals surface area contributed by atoms with E-state index >= 15 is 0 Å². The second kappa shape index (κ2) is 5.87. The maximum atomic E-state index is 10.4. The fourth-order valence-electron chi connectivity index (χ4n) is 2.25. The van der Waals surface area contributed by atoms with Crippen LogP contribution in [-0.2, 0) is 17.6 Å². The molecular weight excluding hydrogens is 232 g/mol. The van der Waals surface area contributed by atoms with Crippen molar-refractivity contribution in [2.45, 2.75) is 38.2 Å². The molecule has 1 aromatic carbocycles. The van der Waals surface area contributed by atoms with Gasteiger partial charge in [-0.2, -0.15) is 0 Å². The third kappa shape index (κ3) is 3.47. The van der Waals surface area contributed by atoms with Crippen LogP contribution in [0.4, 0.5) is 0 Å². The van der Waals surface area contributed by atoms with Gasteiger partial charge in [0.2, 0.25) is 0 Å². The Bertz CT molecular complexity index is 428. The van der Waals surface area contributed by atoms with Gasteiger partial charge >= 0.3 is 5.97 Å². The van der Waals surface area contributed by atoms with Crippen molar-refractivity contribution in [3.63, 3.8) is 0 Å². The maximum absolute atomic E-state index is 10.4. The van der Waals surface area contributed by atoms with Crippen LogP contribution in [0.3, 0.4) is 0 Å². The van der Waals surface area contributed by atoms with Gasteiger partial charge in [0.1, 0.15) is 12.4 Å². The van der Waals surface area contributed by atoms with Crippen molar-refractivity contribution in [2.75, 3.05) is 6.61 Å². The van der Waals surface area contributed by atoms with Crippen molar-refractivity contribution < 1.29 is 19.7 Å². The van der Waals surface area contributed by atoms with Crippen molar-refractivity contribution in [1.29, 1.82) is 0 Å². The first-order valence-electron chi connectivity index (χ1n) is 6.29. The Balaban J connectivity index is 1.91. The van der Waals surface area contributed by atoms with Crippen LogP contribution in [0.25, 0.3) is 0 Å². The summed E-state index contributed by atoms with van der Waals surface area (Å²) in [5.74, 6) is -0.309. The molecule has 4 heteroatoms. The van der Waals surface area contributed by atoms with E-state index in [2.05, 4.69) is 6.07 Å². The molecule has 0 saturated carbocycles. The van der Waals surface area contributed by atoms with Gasteiger partial charge in [-0.1, -0.05) is 6.07 Å². The molecule has 98 valence electrons. The normalized spacial score (nSPS) is 15.8. The lowest BCUT2D eigenvalue weighted by Gasteiger charge is -2.17. The second-order valence-corrected chi connectivity index (χ2v) is 4.70. The number of ether oxygens (including phenoxy) is 1. The number of aryl methyl sites for hydroxylation is 2. The van der Waals surface area contributed by atoms with E-state index in [0.29, 0.717) is 5.75 Å². The van der Waals surface area contributed by atoms with Crippen molar-refractivity contribution in [2.24, 2.45) is 0 Å². The number of carboxylic acid groups (broad SMARTS) is 1. The van der Waals surface area contributed by atoms with Gasteiger partial charge in [-0.15, -0.1) is 0 Å². The van der Waals surface area contributed by atoms with E-state index in [1.54, 1.807) is 0 Å². The van der Waals surface area contributed by atoms with E-state index in [-0.39, 0.29) is 13.0 Å². The number of fused-ring (bicyclic) bond motifs is 1. The number of benzene rings is 1. The van der Waals surface area contributed by atoms with Crippen LogP contribution >= 0.6 is 0 Å². The highest BCUT2D eigenvalue weighted by Crippen LogP contribution is 2.25. The zero-order valence-electron chi connectivity index (χ0n) is 10.3. The number of carbonyl (C=O) groups is 1. The lowest BCUT2D eigenvalue weighted by Crippen LogP contribution is -2.21. The molecule has 1 atom stereocenters. The van der Waals surface area contributed by atoms with Gasteiger partial charge < -0.3 is 14.9 Å². The summed E-state index contributed by atoms with van der Waals surface area (Å²) in [6.45, 7) is 0.0189. The molecule has 0 heterocycles. The Labute approximate surface area is 106 Å². The van der Waals surface area contributed by atoms with Gasteiger partial charge in [0.15, 0.2) is 0 Å². The van der Waals surface area contributed by atoms with Gasteiger partial charge in [0.25, 0.3) is 0 Å². The summed E-state index contributed by atoms with van der Waals surface area (Å²) in [4.78, 5) is 10.4. The Morgan fingerprint density at radius 1 is 1.28 bits per heavy atom. The highest BCUT2D eigenvalue weighted by molar-refractivity contribution is 5.67. The summed E-state index contributed by atoms with van der Waals surface area (Å²) in [6, 6.07) is 5.95. The van der Waals surface area contributed by atoms with Crippen LogP contribution in [0.5, 0.6) is 5.75 Å². The third-order valence-electron chi connectivity index (χ3n) is 3.17. The Morgan fingerprint density at radius 3 is 2.72 bits per heavy atom. The lowest BCUT2D eigenvalue weighted by molar-refractivity contribution is -0.139. The predicted octanol–water partition coefficient (Wildman–Crippen LogP) is 1.78. The van der Waals surface area contributed by atoms with E-state index in [1.165, 1.54) is 24.0 Å². The van der Waals surface area contributed by atoms with E-state index in [0.717, 1.165) is 12.8 Å². The van der Waals surface area contributed by atoms with Gasteiger partial charge in [-0.25, -0.2) is 0 Å². The Kier molecular flexibility index (Phi) is 4.20. The topological polar surface area (TPSA) is 66.8 Å². The van der Waals surface area contributed by atoms with Crippen molar-refractivity contribution in [3.8, 4) is 5.75 Å². The summed E-state index contributed by atoms with van der Waals surface area (Å²) in [7, 11) is 0. The number of carboxylic acids is 1. The summed E-state index contributed by atoms with van der Waals surface area (Å²) in [6.07, 6.45) is 3.40. The van der Waals surface area contributed by atoms with E-state index in [4.69, 9.17) is 9.84 Å². The quantitative estimate of drug-likeness (QED) is 0.836. The molecule has 0 fully saturated rings. The van der Waals surface area contributed by atoms with Gasteiger partial charge in [0, 0.05) is 0 Å². The van der Waals surface area contributed by atoms with Gasteiger partial charge in [-0.05, 0) is 48.9 Å². The second-order valence-electron chi connectivity index (χ2n) is 4.70. The number of aliphatic hydroxyl groups excluding tert-OH is 1. The van der Waals surface area contributed by atoms with Crippen LogP contribution in [0.15, 0.2) is 18.2 Å². The highest BCUT2D eigenvalue weighted by Gasteiger charge is 2.12. The molecule has 18 heavy (non-hydrogen) atoms.